The van der Waals surface area contributed by atoms with Gasteiger partial charge in [-0.3, -0.25) is 9.69 Å². The van der Waals surface area contributed by atoms with E-state index in [1.807, 2.05) is 6.07 Å². The second kappa shape index (κ2) is 5.60. The van der Waals surface area contributed by atoms with Crippen LogP contribution < -0.4 is 4.90 Å². The lowest BCUT2D eigenvalue weighted by atomic mass is 9.90. The van der Waals surface area contributed by atoms with Gasteiger partial charge in [-0.05, 0) is 18.2 Å². The van der Waals surface area contributed by atoms with Crippen molar-refractivity contribution in [1.82, 2.24) is 0 Å². The number of rotatable bonds is 1. The molecular formula is C17H14N2O3. The Balaban J connectivity index is 2.14. The SMILES string of the molecule is N#C[C@H]1[C@H](O)[C@@H](O)c2ccccc2N1C(=O)c1ccccc1. The number of fused-ring (bicyclic) bond motifs is 1. The van der Waals surface area contributed by atoms with Crippen LogP contribution in [0.4, 0.5) is 5.69 Å². The number of benzene rings is 2. The van der Waals surface area contributed by atoms with Gasteiger partial charge < -0.3 is 10.2 Å². The molecule has 0 saturated heterocycles. The maximum Gasteiger partial charge on any atom is 0.259 e. The highest BCUT2D eigenvalue weighted by atomic mass is 16.3. The van der Waals surface area contributed by atoms with Crippen molar-refractivity contribution >= 4 is 11.6 Å². The largest absolute Gasteiger partial charge is 0.387 e. The Morgan fingerprint density at radius 3 is 2.36 bits per heavy atom. The highest BCUT2D eigenvalue weighted by Crippen LogP contribution is 2.37. The second-order valence-corrected chi connectivity index (χ2v) is 5.11. The lowest BCUT2D eigenvalue weighted by Crippen LogP contribution is -2.52. The monoisotopic (exact) mass is 294 g/mol. The summed E-state index contributed by atoms with van der Waals surface area (Å²) >= 11 is 0. The molecule has 1 amide bonds. The molecule has 2 aromatic rings. The Morgan fingerprint density at radius 1 is 1.05 bits per heavy atom. The minimum atomic E-state index is -1.35. The molecule has 0 fully saturated rings. The first-order valence-electron chi connectivity index (χ1n) is 6.88. The van der Waals surface area contributed by atoms with Gasteiger partial charge in [0.1, 0.15) is 12.2 Å². The number of aliphatic hydroxyl groups is 2. The molecule has 0 aromatic heterocycles. The third-order valence-corrected chi connectivity index (χ3v) is 3.81. The normalized spacial score (nSPS) is 23.5. The number of aliphatic hydroxyl groups excluding tert-OH is 2. The summed E-state index contributed by atoms with van der Waals surface area (Å²) in [6.45, 7) is 0. The van der Waals surface area contributed by atoms with Gasteiger partial charge in [-0.25, -0.2) is 0 Å². The van der Waals surface area contributed by atoms with Crippen molar-refractivity contribution in [3.05, 3.63) is 65.7 Å². The number of anilines is 1. The van der Waals surface area contributed by atoms with Gasteiger partial charge in [0, 0.05) is 11.1 Å². The Hall–Kier alpha value is -2.68. The van der Waals surface area contributed by atoms with Crippen molar-refractivity contribution in [1.29, 1.82) is 5.26 Å². The van der Waals surface area contributed by atoms with Crippen LogP contribution in [0.25, 0.3) is 0 Å². The van der Waals surface area contributed by atoms with Gasteiger partial charge >= 0.3 is 0 Å². The lowest BCUT2D eigenvalue weighted by Gasteiger charge is -2.39. The number of para-hydroxylation sites is 1. The van der Waals surface area contributed by atoms with Crippen LogP contribution in [0.3, 0.4) is 0 Å². The van der Waals surface area contributed by atoms with E-state index in [1.54, 1.807) is 54.6 Å². The van der Waals surface area contributed by atoms with E-state index < -0.39 is 18.2 Å². The highest BCUT2D eigenvalue weighted by Gasteiger charge is 2.42. The van der Waals surface area contributed by atoms with Crippen molar-refractivity contribution in [2.75, 3.05) is 4.90 Å². The van der Waals surface area contributed by atoms with Crippen LogP contribution in [0.2, 0.25) is 0 Å². The fourth-order valence-electron chi connectivity index (χ4n) is 2.71. The summed E-state index contributed by atoms with van der Waals surface area (Å²) in [5.74, 6) is -0.384. The fourth-order valence-corrected chi connectivity index (χ4v) is 2.71. The molecule has 0 unspecified atom stereocenters. The van der Waals surface area contributed by atoms with Crippen molar-refractivity contribution in [3.63, 3.8) is 0 Å². The standard InChI is InChI=1S/C17H14N2O3/c18-10-14-16(21)15(20)12-8-4-5-9-13(12)19(14)17(22)11-6-2-1-3-7-11/h1-9,14-16,20-21H/t14-,15-,16-/m0/s1. The van der Waals surface area contributed by atoms with Crippen LogP contribution in [0.15, 0.2) is 54.6 Å². The van der Waals surface area contributed by atoms with Crippen molar-refractivity contribution in [3.8, 4) is 6.07 Å². The summed E-state index contributed by atoms with van der Waals surface area (Å²) < 4.78 is 0. The molecule has 5 nitrogen and oxygen atoms in total. The molecule has 3 atom stereocenters. The molecule has 1 aliphatic heterocycles. The Kier molecular flexibility index (Phi) is 3.63. The van der Waals surface area contributed by atoms with Crippen molar-refractivity contribution in [2.45, 2.75) is 18.2 Å². The molecule has 1 heterocycles. The molecule has 5 heteroatoms. The zero-order valence-electron chi connectivity index (χ0n) is 11.6. The molecule has 2 N–H and O–H groups in total. The zero-order chi connectivity index (χ0) is 15.7. The number of nitrogens with zero attached hydrogens (tertiary/aromatic N) is 2. The highest BCUT2D eigenvalue weighted by molar-refractivity contribution is 6.07. The van der Waals surface area contributed by atoms with Gasteiger partial charge in [0.2, 0.25) is 0 Å². The number of hydrogen-bond donors (Lipinski definition) is 2. The van der Waals surface area contributed by atoms with E-state index in [9.17, 15) is 20.3 Å². The molecule has 3 rings (SSSR count). The Labute approximate surface area is 127 Å². The smallest absolute Gasteiger partial charge is 0.259 e. The van der Waals surface area contributed by atoms with E-state index in [0.29, 0.717) is 16.8 Å². The third kappa shape index (κ3) is 2.15. The van der Waals surface area contributed by atoms with Gasteiger partial charge in [0.15, 0.2) is 6.04 Å². The van der Waals surface area contributed by atoms with Crippen molar-refractivity contribution in [2.24, 2.45) is 0 Å². The lowest BCUT2D eigenvalue weighted by molar-refractivity contribution is 0.00562. The first-order valence-corrected chi connectivity index (χ1v) is 6.88. The Morgan fingerprint density at radius 2 is 1.68 bits per heavy atom. The second-order valence-electron chi connectivity index (χ2n) is 5.11. The number of carbonyl (C=O) groups is 1. The Bertz CT molecular complexity index is 739. The number of hydrogen-bond acceptors (Lipinski definition) is 4. The average Bonchev–Trinajstić information content (AvgIpc) is 2.58. The molecule has 2 aromatic carbocycles. The molecule has 0 radical (unpaired) electrons. The third-order valence-electron chi connectivity index (χ3n) is 3.81. The molecule has 0 saturated carbocycles. The van der Waals surface area contributed by atoms with Gasteiger partial charge in [0.25, 0.3) is 5.91 Å². The molecule has 0 spiro atoms. The summed E-state index contributed by atoms with van der Waals surface area (Å²) in [5.41, 5.74) is 1.30. The number of nitriles is 1. The fraction of sp³-hybridized carbons (Fsp3) is 0.176. The van der Waals surface area contributed by atoms with E-state index in [1.165, 1.54) is 4.90 Å². The topological polar surface area (TPSA) is 84.6 Å². The average molecular weight is 294 g/mol. The van der Waals surface area contributed by atoms with Crippen LogP contribution >= 0.6 is 0 Å². The quantitative estimate of drug-likeness (QED) is 0.837. The van der Waals surface area contributed by atoms with E-state index in [-0.39, 0.29) is 5.91 Å². The van der Waals surface area contributed by atoms with Crippen molar-refractivity contribution < 1.29 is 15.0 Å². The summed E-state index contributed by atoms with van der Waals surface area (Å²) in [5, 5.41) is 29.7. The molecule has 0 bridgehead atoms. The van der Waals surface area contributed by atoms with Crippen LogP contribution in [0.5, 0.6) is 0 Å². The minimum Gasteiger partial charge on any atom is -0.387 e. The van der Waals surface area contributed by atoms with Crippen LogP contribution in [0, 0.1) is 11.3 Å². The van der Waals surface area contributed by atoms with Gasteiger partial charge in [0.05, 0.1) is 11.8 Å². The number of carbonyl (C=O) groups excluding carboxylic acids is 1. The zero-order valence-corrected chi connectivity index (χ0v) is 11.6. The first-order chi connectivity index (χ1) is 10.6. The van der Waals surface area contributed by atoms with Crippen LogP contribution in [0.1, 0.15) is 22.0 Å². The van der Waals surface area contributed by atoms with Gasteiger partial charge in [-0.2, -0.15) is 5.26 Å². The van der Waals surface area contributed by atoms with E-state index in [0.717, 1.165) is 0 Å². The molecule has 22 heavy (non-hydrogen) atoms. The van der Waals surface area contributed by atoms with Crippen LogP contribution in [-0.4, -0.2) is 28.3 Å². The maximum atomic E-state index is 12.8. The molecule has 110 valence electrons. The summed E-state index contributed by atoms with van der Waals surface area (Å²) in [4.78, 5) is 14.0. The summed E-state index contributed by atoms with van der Waals surface area (Å²) in [6.07, 6.45) is -2.55. The molecular weight excluding hydrogens is 280 g/mol. The van der Waals surface area contributed by atoms with E-state index in [4.69, 9.17) is 0 Å². The van der Waals surface area contributed by atoms with E-state index in [2.05, 4.69) is 0 Å². The van der Waals surface area contributed by atoms with E-state index >= 15 is 0 Å². The predicted molar refractivity (Wildman–Crippen MR) is 80.1 cm³/mol. The first kappa shape index (κ1) is 14.3. The number of amides is 1. The molecule has 1 aliphatic rings. The van der Waals surface area contributed by atoms with Gasteiger partial charge in [-0.1, -0.05) is 36.4 Å². The predicted octanol–water partition coefficient (Wildman–Crippen LogP) is 1.63. The summed E-state index contributed by atoms with van der Waals surface area (Å²) in [6, 6.07) is 16.1. The molecule has 0 aliphatic carbocycles. The minimum absolute atomic E-state index is 0.384. The van der Waals surface area contributed by atoms with Gasteiger partial charge in [-0.15, -0.1) is 0 Å². The maximum absolute atomic E-state index is 12.8. The summed E-state index contributed by atoms with van der Waals surface area (Å²) in [7, 11) is 0. The van der Waals surface area contributed by atoms with Crippen LogP contribution in [-0.2, 0) is 0 Å².